The van der Waals surface area contributed by atoms with Gasteiger partial charge in [-0.3, -0.25) is 9.69 Å². The summed E-state index contributed by atoms with van der Waals surface area (Å²) in [4.78, 5) is 16.3. The summed E-state index contributed by atoms with van der Waals surface area (Å²) in [5.74, 6) is 0.786. The van der Waals surface area contributed by atoms with Crippen LogP contribution in [0.15, 0.2) is 60.7 Å². The van der Waals surface area contributed by atoms with Gasteiger partial charge in [-0.2, -0.15) is 0 Å². The van der Waals surface area contributed by atoms with E-state index in [0.717, 1.165) is 26.2 Å². The maximum atomic E-state index is 11.7. The van der Waals surface area contributed by atoms with Gasteiger partial charge in [0.2, 0.25) is 5.91 Å². The molecule has 2 aromatic carbocycles. The van der Waals surface area contributed by atoms with Crippen LogP contribution < -0.4 is 10.2 Å². The van der Waals surface area contributed by atoms with E-state index in [9.17, 15) is 4.79 Å². The summed E-state index contributed by atoms with van der Waals surface area (Å²) < 4.78 is 0. The van der Waals surface area contributed by atoms with Gasteiger partial charge < -0.3 is 10.2 Å². The van der Waals surface area contributed by atoms with Crippen molar-refractivity contribution in [3.05, 3.63) is 66.2 Å². The molecule has 5 heteroatoms. The molecule has 1 aliphatic rings. The second-order valence-corrected chi connectivity index (χ2v) is 7.89. The summed E-state index contributed by atoms with van der Waals surface area (Å²) >= 11 is 0. The van der Waals surface area contributed by atoms with E-state index in [2.05, 4.69) is 77.5 Å². The molecule has 0 aliphatic carbocycles. The molecule has 0 bridgehead atoms. The van der Waals surface area contributed by atoms with Crippen LogP contribution >= 0.6 is 0 Å². The first kappa shape index (κ1) is 35.4. The molecule has 1 amide bonds. The predicted molar refractivity (Wildman–Crippen MR) is 139 cm³/mol. The predicted octanol–water partition coefficient (Wildman–Crippen LogP) is 6.05. The minimum absolute atomic E-state index is 0. The third kappa shape index (κ3) is 13.4. The van der Waals surface area contributed by atoms with E-state index in [1.165, 1.54) is 11.3 Å². The van der Waals surface area contributed by atoms with Crippen LogP contribution in [0.3, 0.4) is 0 Å². The molecular weight excluding hydrogens is 471 g/mol. The molecule has 2 aromatic rings. The number of carbonyl (C=O) groups is 1. The molecule has 1 fully saturated rings. The summed E-state index contributed by atoms with van der Waals surface area (Å²) in [6.07, 6.45) is 0. The minimum Gasteiger partial charge on any atom is -0.369 e. The zero-order valence-corrected chi connectivity index (χ0v) is 21.2. The Balaban J connectivity index is -0.000000560. The molecule has 0 aromatic heterocycles. The molecule has 32 heavy (non-hydrogen) atoms. The van der Waals surface area contributed by atoms with Crippen molar-refractivity contribution in [1.82, 2.24) is 10.2 Å². The fourth-order valence-corrected chi connectivity index (χ4v) is 3.21. The molecule has 1 heterocycles. The molecule has 3 rings (SSSR count). The maximum absolute atomic E-state index is 11.7. The second-order valence-electron chi connectivity index (χ2n) is 7.89. The topological polar surface area (TPSA) is 35.6 Å². The molecule has 1 saturated heterocycles. The Morgan fingerprint density at radius 2 is 1.28 bits per heavy atom. The van der Waals surface area contributed by atoms with E-state index in [1.54, 1.807) is 0 Å². The summed E-state index contributed by atoms with van der Waals surface area (Å²) in [5, 5.41) is 2.94. The van der Waals surface area contributed by atoms with Gasteiger partial charge in [0.25, 0.3) is 0 Å². The molecule has 179 valence electrons. The molecule has 1 radical (unpaired) electrons. The monoisotopic (exact) mass is 518 g/mol. The van der Waals surface area contributed by atoms with Crippen molar-refractivity contribution in [2.75, 3.05) is 37.6 Å². The van der Waals surface area contributed by atoms with Crippen LogP contribution in [-0.4, -0.2) is 49.6 Å². The molecule has 1 N–H and O–H groups in total. The molecule has 0 unspecified atom stereocenters. The van der Waals surface area contributed by atoms with Crippen molar-refractivity contribution in [2.24, 2.45) is 0 Å². The third-order valence-electron chi connectivity index (χ3n) is 4.78. The minimum atomic E-state index is 0. The van der Waals surface area contributed by atoms with E-state index >= 15 is 0 Å². The molecule has 4 nitrogen and oxygen atoms in total. The van der Waals surface area contributed by atoms with Crippen molar-refractivity contribution in [3.8, 4) is 0 Å². The van der Waals surface area contributed by atoms with E-state index in [-0.39, 0.29) is 66.9 Å². The van der Waals surface area contributed by atoms with Gasteiger partial charge >= 0.3 is 0 Å². The number of rotatable bonds is 5. The van der Waals surface area contributed by atoms with Gasteiger partial charge in [-0.15, -0.1) is 0 Å². The van der Waals surface area contributed by atoms with Gasteiger partial charge in [-0.25, -0.2) is 0 Å². The number of amides is 1. The fraction of sp³-hybridized carbons (Fsp3) is 0.519. The number of anilines is 1. The summed E-state index contributed by atoms with van der Waals surface area (Å²) in [5.41, 5.74) is 2.69. The van der Waals surface area contributed by atoms with Gasteiger partial charge in [0.05, 0.1) is 6.54 Å². The summed E-state index contributed by atoms with van der Waals surface area (Å²) in [6.45, 7) is 12.8. The van der Waals surface area contributed by atoms with E-state index in [1.807, 2.05) is 26.0 Å². The number of piperazine rings is 1. The quantitative estimate of drug-likeness (QED) is 0.524. The van der Waals surface area contributed by atoms with Crippen LogP contribution in [0.4, 0.5) is 5.69 Å². The molecular formula is C27H47N3OY. The van der Waals surface area contributed by atoms with Crippen molar-refractivity contribution in [2.45, 2.75) is 61.9 Å². The molecule has 1 aliphatic heterocycles. The Kier molecular flexibility index (Phi) is 21.3. The zero-order chi connectivity index (χ0) is 20.4. The standard InChI is InChI=1S/C15H23N3O.C9H12.3CH4.Y/c1-13(2)16-15(19)12-17-8-10-18(11-9-17)14-6-4-3-5-7-14;1-8(2)9-6-4-3-5-7-9;;;;/h3-7,13H,8-12H2,1-2H3,(H,16,19);3-8H,1-2H3;3*1H4;. The van der Waals surface area contributed by atoms with E-state index < -0.39 is 0 Å². The Morgan fingerprint density at radius 3 is 1.69 bits per heavy atom. The average Bonchev–Trinajstić information content (AvgIpc) is 2.70. The van der Waals surface area contributed by atoms with Crippen LogP contribution in [0.2, 0.25) is 0 Å². The van der Waals surface area contributed by atoms with E-state index in [0.29, 0.717) is 12.5 Å². The third-order valence-corrected chi connectivity index (χ3v) is 4.78. The Hall–Kier alpha value is -1.23. The number of para-hydroxylation sites is 1. The van der Waals surface area contributed by atoms with Crippen LogP contribution in [0, 0.1) is 0 Å². The fourth-order valence-electron chi connectivity index (χ4n) is 3.21. The normalized spacial score (nSPS) is 12.8. The largest absolute Gasteiger partial charge is 0.369 e. The maximum Gasteiger partial charge on any atom is 0.234 e. The first-order valence-electron chi connectivity index (χ1n) is 10.3. The van der Waals surface area contributed by atoms with Crippen molar-refractivity contribution < 1.29 is 37.5 Å². The average molecular weight is 519 g/mol. The first-order valence-corrected chi connectivity index (χ1v) is 10.3. The number of carbonyl (C=O) groups excluding carboxylic acids is 1. The molecule has 0 atom stereocenters. The summed E-state index contributed by atoms with van der Waals surface area (Å²) in [7, 11) is 0. The van der Waals surface area contributed by atoms with Crippen molar-refractivity contribution in [3.63, 3.8) is 0 Å². The first-order chi connectivity index (χ1) is 13.5. The number of nitrogens with one attached hydrogen (secondary N) is 1. The SMILES string of the molecule is C.C.C.CC(C)NC(=O)CN1CCN(c2ccccc2)CC1.CC(C)c1ccccc1.[Y]. The number of hydrogen-bond donors (Lipinski definition) is 1. The van der Waals surface area contributed by atoms with E-state index in [4.69, 9.17) is 0 Å². The van der Waals surface area contributed by atoms with Crippen LogP contribution in [0.1, 0.15) is 61.5 Å². The Bertz CT molecular complexity index is 685. The number of nitrogens with zero attached hydrogens (tertiary/aromatic N) is 2. The van der Waals surface area contributed by atoms with Gasteiger partial charge in [-0.05, 0) is 37.5 Å². The smallest absolute Gasteiger partial charge is 0.234 e. The van der Waals surface area contributed by atoms with Gasteiger partial charge in [0.15, 0.2) is 0 Å². The van der Waals surface area contributed by atoms with Gasteiger partial charge in [0, 0.05) is 70.6 Å². The number of benzene rings is 2. The Morgan fingerprint density at radius 1 is 0.812 bits per heavy atom. The van der Waals surface area contributed by atoms with Crippen molar-refractivity contribution in [1.29, 1.82) is 0 Å². The zero-order valence-electron chi connectivity index (χ0n) is 18.3. The second kappa shape index (κ2) is 19.3. The van der Waals surface area contributed by atoms with Crippen LogP contribution in [0.5, 0.6) is 0 Å². The summed E-state index contributed by atoms with van der Waals surface area (Å²) in [6, 6.07) is 21.2. The van der Waals surface area contributed by atoms with Crippen LogP contribution in [0.25, 0.3) is 0 Å². The van der Waals surface area contributed by atoms with Gasteiger partial charge in [0.1, 0.15) is 0 Å². The number of hydrogen-bond acceptors (Lipinski definition) is 3. The van der Waals surface area contributed by atoms with Crippen LogP contribution in [-0.2, 0) is 37.5 Å². The molecule has 0 spiro atoms. The van der Waals surface area contributed by atoms with Crippen molar-refractivity contribution >= 4 is 11.6 Å². The Labute approximate surface area is 224 Å². The van der Waals surface area contributed by atoms with Gasteiger partial charge in [-0.1, -0.05) is 84.7 Å². The molecule has 0 saturated carbocycles.